The van der Waals surface area contributed by atoms with E-state index in [2.05, 4.69) is 16.0 Å². The molecular formula is C22H33N5O8. The van der Waals surface area contributed by atoms with Gasteiger partial charge in [0, 0.05) is 12.8 Å². The van der Waals surface area contributed by atoms with E-state index in [9.17, 15) is 39.3 Å². The Morgan fingerprint density at radius 3 is 1.89 bits per heavy atom. The average molecular weight is 496 g/mol. The van der Waals surface area contributed by atoms with Crippen molar-refractivity contribution in [2.45, 2.75) is 57.3 Å². The van der Waals surface area contributed by atoms with Crippen LogP contribution in [0.1, 0.15) is 32.3 Å². The molecule has 10 N–H and O–H groups in total. The van der Waals surface area contributed by atoms with Crippen molar-refractivity contribution in [3.8, 4) is 5.75 Å². The minimum absolute atomic E-state index is 0.0138. The fraction of sp³-hybridized carbons (Fsp3) is 0.500. The molecule has 4 atom stereocenters. The van der Waals surface area contributed by atoms with Gasteiger partial charge in [-0.05, 0) is 30.0 Å². The summed E-state index contributed by atoms with van der Waals surface area (Å²) >= 11 is 0. The number of aliphatic hydroxyl groups excluding tert-OH is 1. The lowest BCUT2D eigenvalue weighted by Crippen LogP contribution is -2.58. The third kappa shape index (κ3) is 9.98. The number of carbonyl (C=O) groups is 5. The van der Waals surface area contributed by atoms with Crippen molar-refractivity contribution >= 4 is 29.6 Å². The quantitative estimate of drug-likeness (QED) is 0.138. The Balaban J connectivity index is 2.91. The summed E-state index contributed by atoms with van der Waals surface area (Å²) < 4.78 is 0. The number of hydrogen-bond acceptors (Lipinski definition) is 8. The van der Waals surface area contributed by atoms with Gasteiger partial charge < -0.3 is 42.7 Å². The van der Waals surface area contributed by atoms with Gasteiger partial charge in [0.25, 0.3) is 0 Å². The standard InChI is InChI=1S/C22H33N5O8/c1-11(2)18(24)21(33)25-14(7-8-17(23)30)19(31)27-16(10-28)20(32)26-15(22(34)35)9-12-3-5-13(29)6-4-12/h3-6,11,14-16,18,28-29H,7-10,24H2,1-2H3,(H2,23,30)(H,25,33)(H,26,32)(H,27,31)(H,34,35). The molecule has 0 heterocycles. The van der Waals surface area contributed by atoms with Crippen LogP contribution in [0.2, 0.25) is 0 Å². The van der Waals surface area contributed by atoms with Crippen LogP contribution in [0, 0.1) is 5.92 Å². The smallest absolute Gasteiger partial charge is 0.326 e. The van der Waals surface area contributed by atoms with Gasteiger partial charge in [-0.1, -0.05) is 26.0 Å². The van der Waals surface area contributed by atoms with Gasteiger partial charge >= 0.3 is 5.97 Å². The number of nitrogens with one attached hydrogen (secondary N) is 3. The summed E-state index contributed by atoms with van der Waals surface area (Å²) in [7, 11) is 0. The van der Waals surface area contributed by atoms with Gasteiger partial charge in [0.2, 0.25) is 23.6 Å². The Morgan fingerprint density at radius 1 is 0.886 bits per heavy atom. The zero-order chi connectivity index (χ0) is 26.7. The second-order valence-electron chi connectivity index (χ2n) is 8.35. The van der Waals surface area contributed by atoms with E-state index in [0.717, 1.165) is 0 Å². The van der Waals surface area contributed by atoms with Crippen LogP contribution in [0.4, 0.5) is 0 Å². The molecule has 1 aromatic carbocycles. The van der Waals surface area contributed by atoms with E-state index in [4.69, 9.17) is 11.5 Å². The average Bonchev–Trinajstić information content (AvgIpc) is 2.79. The fourth-order valence-electron chi connectivity index (χ4n) is 2.93. The van der Waals surface area contributed by atoms with Gasteiger partial charge in [-0.2, -0.15) is 0 Å². The third-order valence-electron chi connectivity index (χ3n) is 5.14. The van der Waals surface area contributed by atoms with Crippen LogP contribution in [0.25, 0.3) is 0 Å². The van der Waals surface area contributed by atoms with Gasteiger partial charge in [0.15, 0.2) is 0 Å². The molecule has 0 spiro atoms. The first kappa shape index (κ1) is 29.3. The third-order valence-corrected chi connectivity index (χ3v) is 5.14. The number of aliphatic hydroxyl groups is 1. The molecule has 0 bridgehead atoms. The van der Waals surface area contributed by atoms with E-state index in [1.807, 2.05) is 0 Å². The van der Waals surface area contributed by atoms with Crippen LogP contribution in [0.15, 0.2) is 24.3 Å². The van der Waals surface area contributed by atoms with E-state index in [1.54, 1.807) is 13.8 Å². The number of rotatable bonds is 14. The van der Waals surface area contributed by atoms with Crippen molar-refractivity contribution in [1.29, 1.82) is 0 Å². The zero-order valence-corrected chi connectivity index (χ0v) is 19.6. The number of carboxylic acids is 1. The number of benzene rings is 1. The van der Waals surface area contributed by atoms with E-state index < -0.39 is 60.4 Å². The van der Waals surface area contributed by atoms with Crippen LogP contribution in [0.5, 0.6) is 5.75 Å². The van der Waals surface area contributed by atoms with Crippen molar-refractivity contribution < 1.29 is 39.3 Å². The first-order chi connectivity index (χ1) is 16.3. The van der Waals surface area contributed by atoms with Gasteiger partial charge in [-0.25, -0.2) is 4.79 Å². The molecule has 0 fully saturated rings. The Labute approximate surface area is 202 Å². The molecule has 1 aromatic rings. The van der Waals surface area contributed by atoms with Crippen molar-refractivity contribution in [2.24, 2.45) is 17.4 Å². The second kappa shape index (κ2) is 13.9. The summed E-state index contributed by atoms with van der Waals surface area (Å²) in [6.45, 7) is 2.53. The maximum Gasteiger partial charge on any atom is 0.326 e. The number of nitrogens with two attached hydrogens (primary N) is 2. The number of aliphatic carboxylic acids is 1. The Bertz CT molecular complexity index is 906. The summed E-state index contributed by atoms with van der Waals surface area (Å²) in [5.74, 6) is -4.87. The number of aromatic hydroxyl groups is 1. The monoisotopic (exact) mass is 495 g/mol. The highest BCUT2D eigenvalue weighted by atomic mass is 16.4. The molecular weight excluding hydrogens is 462 g/mol. The number of amides is 4. The van der Waals surface area contributed by atoms with Gasteiger partial charge in [-0.15, -0.1) is 0 Å². The minimum atomic E-state index is -1.55. The Hall–Kier alpha value is -3.71. The fourth-order valence-corrected chi connectivity index (χ4v) is 2.93. The highest BCUT2D eigenvalue weighted by molar-refractivity contribution is 5.94. The molecule has 0 aliphatic rings. The summed E-state index contributed by atoms with van der Waals surface area (Å²) in [6, 6.07) is 0.522. The second-order valence-corrected chi connectivity index (χ2v) is 8.35. The molecule has 194 valence electrons. The molecule has 0 aliphatic heterocycles. The highest BCUT2D eigenvalue weighted by Crippen LogP contribution is 2.11. The molecule has 0 radical (unpaired) electrons. The van der Waals surface area contributed by atoms with E-state index in [-0.39, 0.29) is 30.9 Å². The van der Waals surface area contributed by atoms with Crippen molar-refractivity contribution in [1.82, 2.24) is 16.0 Å². The molecule has 0 saturated heterocycles. The Morgan fingerprint density at radius 2 is 1.40 bits per heavy atom. The van der Waals surface area contributed by atoms with Crippen LogP contribution >= 0.6 is 0 Å². The summed E-state index contributed by atoms with van der Waals surface area (Å²) in [4.78, 5) is 60.5. The van der Waals surface area contributed by atoms with Crippen LogP contribution in [-0.2, 0) is 30.4 Å². The lowest BCUT2D eigenvalue weighted by atomic mass is 10.0. The number of phenols is 1. The van der Waals surface area contributed by atoms with Crippen molar-refractivity contribution in [3.05, 3.63) is 29.8 Å². The first-order valence-corrected chi connectivity index (χ1v) is 10.9. The number of hydrogen-bond donors (Lipinski definition) is 8. The van der Waals surface area contributed by atoms with E-state index in [0.29, 0.717) is 5.56 Å². The van der Waals surface area contributed by atoms with Gasteiger partial charge in [0.1, 0.15) is 23.9 Å². The van der Waals surface area contributed by atoms with Crippen LogP contribution in [0.3, 0.4) is 0 Å². The topological polar surface area (TPSA) is 234 Å². The normalized spacial score (nSPS) is 14.3. The van der Waals surface area contributed by atoms with E-state index >= 15 is 0 Å². The SMILES string of the molecule is CC(C)C(N)C(=O)NC(CCC(N)=O)C(=O)NC(CO)C(=O)NC(Cc1ccc(O)cc1)C(=O)O. The number of primary amides is 1. The molecule has 1 rings (SSSR count). The van der Waals surface area contributed by atoms with Crippen LogP contribution in [-0.4, -0.2) is 75.7 Å². The first-order valence-electron chi connectivity index (χ1n) is 10.9. The summed E-state index contributed by atoms with van der Waals surface area (Å²) in [6.07, 6.45) is -0.563. The van der Waals surface area contributed by atoms with Gasteiger partial charge in [-0.3, -0.25) is 19.2 Å². The molecule has 4 amide bonds. The zero-order valence-electron chi connectivity index (χ0n) is 19.6. The lowest BCUT2D eigenvalue weighted by molar-refractivity contribution is -0.142. The molecule has 4 unspecified atom stereocenters. The molecule has 35 heavy (non-hydrogen) atoms. The van der Waals surface area contributed by atoms with Crippen molar-refractivity contribution in [3.63, 3.8) is 0 Å². The molecule has 0 aliphatic carbocycles. The molecule has 13 nitrogen and oxygen atoms in total. The van der Waals surface area contributed by atoms with Gasteiger partial charge in [0.05, 0.1) is 12.6 Å². The summed E-state index contributed by atoms with van der Waals surface area (Å²) in [5.41, 5.74) is 11.4. The molecule has 0 saturated carbocycles. The molecule has 0 aromatic heterocycles. The van der Waals surface area contributed by atoms with Crippen molar-refractivity contribution in [2.75, 3.05) is 6.61 Å². The predicted molar refractivity (Wildman–Crippen MR) is 124 cm³/mol. The summed E-state index contributed by atoms with van der Waals surface area (Å²) in [5, 5.41) is 35.3. The maximum atomic E-state index is 12.8. The lowest BCUT2D eigenvalue weighted by Gasteiger charge is -2.25. The number of carbonyl (C=O) groups excluding carboxylic acids is 4. The number of carboxylic acid groups (broad SMARTS) is 1. The Kier molecular flexibility index (Phi) is 11.6. The predicted octanol–water partition coefficient (Wildman–Crippen LogP) is -2.29. The highest BCUT2D eigenvalue weighted by Gasteiger charge is 2.30. The largest absolute Gasteiger partial charge is 0.508 e. The number of phenolic OH excluding ortho intramolecular Hbond substituents is 1. The van der Waals surface area contributed by atoms with E-state index in [1.165, 1.54) is 24.3 Å². The molecule has 13 heteroatoms. The minimum Gasteiger partial charge on any atom is -0.508 e. The van der Waals surface area contributed by atoms with Crippen LogP contribution < -0.4 is 27.4 Å². The maximum absolute atomic E-state index is 12.8.